The third-order valence-corrected chi connectivity index (χ3v) is 4.68. The summed E-state index contributed by atoms with van der Waals surface area (Å²) in [5, 5.41) is 11.9. The predicted molar refractivity (Wildman–Crippen MR) is 98.0 cm³/mol. The number of carbonyl (C=O) groups excluding carboxylic acids is 2. The highest BCUT2D eigenvalue weighted by Gasteiger charge is 2.35. The Labute approximate surface area is 158 Å². The molecule has 8 nitrogen and oxygen atoms in total. The van der Waals surface area contributed by atoms with Crippen LogP contribution >= 0.6 is 0 Å². The van der Waals surface area contributed by atoms with Gasteiger partial charge in [-0.25, -0.2) is 0 Å². The highest BCUT2D eigenvalue weighted by atomic mass is 16.5. The summed E-state index contributed by atoms with van der Waals surface area (Å²) in [5.74, 6) is -1.37. The van der Waals surface area contributed by atoms with Crippen LogP contribution in [0.5, 0.6) is 11.5 Å². The fourth-order valence-corrected chi connectivity index (χ4v) is 3.04. The number of ether oxygens (including phenoxy) is 2. The zero-order valence-corrected chi connectivity index (χ0v) is 16.0. The molecule has 2 amide bonds. The molecule has 0 aliphatic carbocycles. The van der Waals surface area contributed by atoms with Crippen molar-refractivity contribution in [2.24, 2.45) is 11.8 Å². The Morgan fingerprint density at radius 1 is 1.15 bits per heavy atom. The largest absolute Gasteiger partial charge is 0.497 e. The quantitative estimate of drug-likeness (QED) is 0.743. The lowest BCUT2D eigenvalue weighted by Gasteiger charge is -2.27. The van der Waals surface area contributed by atoms with Gasteiger partial charge in [0, 0.05) is 24.7 Å². The molecule has 1 aromatic rings. The lowest BCUT2D eigenvalue weighted by molar-refractivity contribution is -0.141. The molecule has 0 aromatic heterocycles. The number of likely N-dealkylation sites (tertiary alicyclic amines) is 1. The summed E-state index contributed by atoms with van der Waals surface area (Å²) in [4.78, 5) is 38.2. The Balaban J connectivity index is 2.15. The zero-order chi connectivity index (χ0) is 20.1. The summed E-state index contributed by atoms with van der Waals surface area (Å²) in [6.07, 6.45) is 0.424. The van der Waals surface area contributed by atoms with Crippen LogP contribution in [0.1, 0.15) is 30.6 Å². The second kappa shape index (κ2) is 8.75. The fraction of sp³-hybridized carbons (Fsp3) is 0.526. The molecule has 2 rings (SSSR count). The molecule has 1 heterocycles. The molecule has 1 saturated heterocycles. The monoisotopic (exact) mass is 378 g/mol. The van der Waals surface area contributed by atoms with Crippen LogP contribution in [0.25, 0.3) is 0 Å². The van der Waals surface area contributed by atoms with Crippen molar-refractivity contribution in [2.75, 3.05) is 27.3 Å². The normalized spacial score (nSPS) is 17.5. The summed E-state index contributed by atoms with van der Waals surface area (Å²) < 4.78 is 10.3. The van der Waals surface area contributed by atoms with Gasteiger partial charge in [-0.05, 0) is 24.5 Å². The van der Waals surface area contributed by atoms with Crippen LogP contribution in [0.15, 0.2) is 18.2 Å². The number of rotatable bonds is 7. The third kappa shape index (κ3) is 4.90. The molecule has 2 atom stereocenters. The molecule has 1 aromatic carbocycles. The van der Waals surface area contributed by atoms with Crippen LogP contribution in [-0.2, 0) is 9.59 Å². The van der Waals surface area contributed by atoms with Crippen LogP contribution < -0.4 is 14.8 Å². The smallest absolute Gasteiger partial charge is 0.308 e. The maximum Gasteiger partial charge on any atom is 0.308 e. The minimum atomic E-state index is -0.904. The molecule has 0 bridgehead atoms. The van der Waals surface area contributed by atoms with Gasteiger partial charge < -0.3 is 24.8 Å². The molecule has 8 heteroatoms. The number of carboxylic acids is 1. The van der Waals surface area contributed by atoms with E-state index in [4.69, 9.17) is 14.6 Å². The highest BCUT2D eigenvalue weighted by molar-refractivity contribution is 5.98. The predicted octanol–water partition coefficient (Wildman–Crippen LogP) is 1.39. The maximum atomic E-state index is 12.8. The second-order valence-corrected chi connectivity index (χ2v) is 6.90. The van der Waals surface area contributed by atoms with Crippen molar-refractivity contribution in [1.29, 1.82) is 0 Å². The first-order chi connectivity index (χ1) is 12.8. The van der Waals surface area contributed by atoms with Crippen molar-refractivity contribution in [3.8, 4) is 11.5 Å². The van der Waals surface area contributed by atoms with E-state index in [1.165, 1.54) is 19.1 Å². The van der Waals surface area contributed by atoms with Crippen LogP contribution in [0, 0.1) is 11.8 Å². The van der Waals surface area contributed by atoms with Crippen LogP contribution in [0.2, 0.25) is 0 Å². The third-order valence-electron chi connectivity index (χ3n) is 4.68. The zero-order valence-electron chi connectivity index (χ0n) is 16.0. The minimum absolute atomic E-state index is 0.155. The highest BCUT2D eigenvalue weighted by Crippen LogP contribution is 2.23. The number of carbonyl (C=O) groups is 3. The van der Waals surface area contributed by atoms with Crippen LogP contribution in [0.4, 0.5) is 0 Å². The van der Waals surface area contributed by atoms with Gasteiger partial charge in [-0.1, -0.05) is 13.8 Å². The van der Waals surface area contributed by atoms with Crippen molar-refractivity contribution < 1.29 is 29.0 Å². The van der Waals surface area contributed by atoms with E-state index < -0.39 is 23.8 Å². The average Bonchev–Trinajstić information content (AvgIpc) is 3.15. The number of benzene rings is 1. The molecular formula is C19H26N2O6. The summed E-state index contributed by atoms with van der Waals surface area (Å²) >= 11 is 0. The molecule has 2 N–H and O–H groups in total. The number of amides is 2. The van der Waals surface area contributed by atoms with Gasteiger partial charge in [0.05, 0.1) is 20.1 Å². The lowest BCUT2D eigenvalue weighted by Crippen LogP contribution is -2.50. The van der Waals surface area contributed by atoms with E-state index in [1.807, 2.05) is 13.8 Å². The van der Waals surface area contributed by atoms with Gasteiger partial charge in [0.25, 0.3) is 5.91 Å². The first kappa shape index (κ1) is 20.5. The topological polar surface area (TPSA) is 105 Å². The second-order valence-electron chi connectivity index (χ2n) is 6.90. The standard InChI is InChI=1S/C19H26N2O6/c1-11(2)16(18(23)21-6-5-12(10-21)19(24)25)20-17(22)13-7-14(26-3)9-15(8-13)27-4/h7-9,11-12,16H,5-6,10H2,1-4H3,(H,20,22)(H,24,25). The lowest BCUT2D eigenvalue weighted by atomic mass is 10.0. The van der Waals surface area contributed by atoms with Crippen LogP contribution in [-0.4, -0.2) is 61.1 Å². The molecule has 1 aliphatic heterocycles. The van der Waals surface area contributed by atoms with E-state index >= 15 is 0 Å². The summed E-state index contributed by atoms with van der Waals surface area (Å²) in [6, 6.07) is 4.03. The molecule has 0 radical (unpaired) electrons. The molecule has 27 heavy (non-hydrogen) atoms. The van der Waals surface area contributed by atoms with Gasteiger partial charge in [-0.2, -0.15) is 0 Å². The van der Waals surface area contributed by atoms with Gasteiger partial charge in [0.2, 0.25) is 5.91 Å². The van der Waals surface area contributed by atoms with E-state index in [2.05, 4.69) is 5.32 Å². The van der Waals surface area contributed by atoms with Crippen molar-refractivity contribution in [3.05, 3.63) is 23.8 Å². The van der Waals surface area contributed by atoms with Crippen molar-refractivity contribution in [1.82, 2.24) is 10.2 Å². The Hall–Kier alpha value is -2.77. The van der Waals surface area contributed by atoms with E-state index in [1.54, 1.807) is 18.2 Å². The molecule has 0 saturated carbocycles. The Bertz CT molecular complexity index is 696. The number of aliphatic carboxylic acids is 1. The summed E-state index contributed by atoms with van der Waals surface area (Å²) in [7, 11) is 2.98. The fourth-order valence-electron chi connectivity index (χ4n) is 3.04. The summed E-state index contributed by atoms with van der Waals surface area (Å²) in [6.45, 7) is 4.21. The van der Waals surface area contributed by atoms with Gasteiger partial charge >= 0.3 is 5.97 Å². The number of hydrogen-bond donors (Lipinski definition) is 2. The number of hydrogen-bond acceptors (Lipinski definition) is 5. The molecule has 0 spiro atoms. The van der Waals surface area contributed by atoms with E-state index in [0.29, 0.717) is 30.0 Å². The van der Waals surface area contributed by atoms with Crippen molar-refractivity contribution >= 4 is 17.8 Å². The van der Waals surface area contributed by atoms with Gasteiger partial charge in [0.15, 0.2) is 0 Å². The first-order valence-electron chi connectivity index (χ1n) is 8.82. The van der Waals surface area contributed by atoms with Gasteiger partial charge in [-0.3, -0.25) is 14.4 Å². The van der Waals surface area contributed by atoms with Gasteiger partial charge in [0.1, 0.15) is 17.5 Å². The number of methoxy groups -OCH3 is 2. The Morgan fingerprint density at radius 2 is 1.74 bits per heavy atom. The molecule has 2 unspecified atom stereocenters. The van der Waals surface area contributed by atoms with Crippen molar-refractivity contribution in [2.45, 2.75) is 26.3 Å². The Morgan fingerprint density at radius 3 is 2.19 bits per heavy atom. The van der Waals surface area contributed by atoms with Crippen molar-refractivity contribution in [3.63, 3.8) is 0 Å². The molecule has 1 fully saturated rings. The van der Waals surface area contributed by atoms with Gasteiger partial charge in [-0.15, -0.1) is 0 Å². The number of carboxylic acid groups (broad SMARTS) is 1. The number of nitrogens with zero attached hydrogens (tertiary/aromatic N) is 1. The SMILES string of the molecule is COc1cc(OC)cc(C(=O)NC(C(=O)N2CCC(C(=O)O)C2)C(C)C)c1. The first-order valence-corrected chi connectivity index (χ1v) is 8.82. The maximum absolute atomic E-state index is 12.8. The average molecular weight is 378 g/mol. The minimum Gasteiger partial charge on any atom is -0.497 e. The van der Waals surface area contributed by atoms with E-state index in [-0.39, 0.29) is 18.4 Å². The number of nitrogens with one attached hydrogen (secondary N) is 1. The molecule has 148 valence electrons. The summed E-state index contributed by atoms with van der Waals surface area (Å²) in [5.41, 5.74) is 0.314. The van der Waals surface area contributed by atoms with Crippen LogP contribution in [0.3, 0.4) is 0 Å². The van der Waals surface area contributed by atoms with E-state index in [9.17, 15) is 14.4 Å². The molecular weight excluding hydrogens is 352 g/mol. The Kier molecular flexibility index (Phi) is 6.65. The molecule has 1 aliphatic rings. The van der Waals surface area contributed by atoms with E-state index in [0.717, 1.165) is 0 Å².